The van der Waals surface area contributed by atoms with Crippen LogP contribution in [0.4, 0.5) is 0 Å². The number of nitrogens with zero attached hydrogens (tertiary/aromatic N) is 2. The number of hydrogen-bond donors (Lipinski definition) is 0. The molecule has 32 heavy (non-hydrogen) atoms. The minimum absolute atomic E-state index is 0.101. The second kappa shape index (κ2) is 10.8. The fourth-order valence-corrected chi connectivity index (χ4v) is 3.94. The second-order valence-corrected chi connectivity index (χ2v) is 7.92. The Labute approximate surface area is 189 Å². The summed E-state index contributed by atoms with van der Waals surface area (Å²) in [4.78, 5) is 18.9. The van der Waals surface area contributed by atoms with E-state index < -0.39 is 0 Å². The lowest BCUT2D eigenvalue weighted by molar-refractivity contribution is -0.133. The quantitative estimate of drug-likeness (QED) is 0.467. The molecule has 6 nitrogen and oxygen atoms in total. The maximum absolute atomic E-state index is 12.6. The minimum Gasteiger partial charge on any atom is -0.490 e. The van der Waals surface area contributed by atoms with Gasteiger partial charge in [0.05, 0.1) is 12.8 Å². The number of rotatable bonds is 9. The van der Waals surface area contributed by atoms with Gasteiger partial charge in [-0.3, -0.25) is 4.79 Å². The second-order valence-electron chi connectivity index (χ2n) is 7.92. The van der Waals surface area contributed by atoms with E-state index in [9.17, 15) is 4.79 Å². The van der Waals surface area contributed by atoms with Crippen LogP contribution in [0.1, 0.15) is 38.5 Å². The van der Waals surface area contributed by atoms with E-state index in [1.807, 2.05) is 66.4 Å². The summed E-state index contributed by atoms with van der Waals surface area (Å²) in [5, 5.41) is 0. The molecule has 4 rings (SSSR count). The number of aromatic nitrogens is 1. The van der Waals surface area contributed by atoms with E-state index in [0.717, 1.165) is 55.2 Å². The summed E-state index contributed by atoms with van der Waals surface area (Å²) >= 11 is 0. The Balaban J connectivity index is 1.20. The molecule has 168 valence electrons. The molecule has 1 amide bonds. The van der Waals surface area contributed by atoms with Crippen LogP contribution >= 0.6 is 0 Å². The number of benzene rings is 2. The highest BCUT2D eigenvalue weighted by molar-refractivity contribution is 5.76. The van der Waals surface area contributed by atoms with E-state index in [-0.39, 0.29) is 12.0 Å². The van der Waals surface area contributed by atoms with Crippen LogP contribution in [0.2, 0.25) is 0 Å². The maximum atomic E-state index is 12.6. The van der Waals surface area contributed by atoms with Crippen LogP contribution in [-0.2, 0) is 11.2 Å². The molecule has 0 unspecified atom stereocenters. The molecule has 0 radical (unpaired) electrons. The van der Waals surface area contributed by atoms with E-state index in [1.165, 1.54) is 0 Å². The Morgan fingerprint density at radius 2 is 1.78 bits per heavy atom. The van der Waals surface area contributed by atoms with Crippen molar-refractivity contribution in [1.29, 1.82) is 0 Å². The third-order valence-electron chi connectivity index (χ3n) is 5.63. The highest BCUT2D eigenvalue weighted by Crippen LogP contribution is 2.29. The molecule has 0 saturated carbocycles. The van der Waals surface area contributed by atoms with Gasteiger partial charge in [-0.15, -0.1) is 0 Å². The lowest BCUT2D eigenvalue weighted by Gasteiger charge is -2.32. The molecule has 2 heterocycles. The van der Waals surface area contributed by atoms with Crippen LogP contribution in [0, 0.1) is 0 Å². The number of aryl methyl sites for hydroxylation is 1. The third-order valence-corrected chi connectivity index (χ3v) is 5.63. The number of likely N-dealkylation sites (tertiary alicyclic amines) is 1. The van der Waals surface area contributed by atoms with Crippen LogP contribution in [-0.4, -0.2) is 41.6 Å². The Kier molecular flexibility index (Phi) is 7.43. The van der Waals surface area contributed by atoms with Gasteiger partial charge in [0.25, 0.3) is 0 Å². The first-order valence-electron chi connectivity index (χ1n) is 11.4. The molecule has 0 N–H and O–H groups in total. The van der Waals surface area contributed by atoms with Gasteiger partial charge in [-0.25, -0.2) is 4.98 Å². The maximum Gasteiger partial charge on any atom is 0.222 e. The summed E-state index contributed by atoms with van der Waals surface area (Å²) in [6.45, 7) is 4.01. The van der Waals surface area contributed by atoms with E-state index in [2.05, 4.69) is 4.98 Å². The zero-order valence-electron chi connectivity index (χ0n) is 18.5. The highest BCUT2D eigenvalue weighted by atomic mass is 16.5. The van der Waals surface area contributed by atoms with E-state index in [1.54, 1.807) is 6.20 Å². The van der Waals surface area contributed by atoms with E-state index in [0.29, 0.717) is 25.3 Å². The molecule has 0 aliphatic carbocycles. The Hall–Kier alpha value is -3.28. The minimum atomic E-state index is 0.101. The Bertz CT molecular complexity index is 994. The normalized spacial score (nSPS) is 14.3. The summed E-state index contributed by atoms with van der Waals surface area (Å²) < 4.78 is 17.6. The van der Waals surface area contributed by atoms with Crippen molar-refractivity contribution in [3.63, 3.8) is 0 Å². The van der Waals surface area contributed by atoms with Gasteiger partial charge in [0.1, 0.15) is 6.10 Å². The average molecular weight is 435 g/mol. The third kappa shape index (κ3) is 5.69. The zero-order chi connectivity index (χ0) is 22.2. The van der Waals surface area contributed by atoms with Crippen molar-refractivity contribution in [2.75, 3.05) is 19.7 Å². The van der Waals surface area contributed by atoms with Gasteiger partial charge in [0.2, 0.25) is 5.91 Å². The number of piperidine rings is 1. The molecule has 1 aliphatic heterocycles. The van der Waals surface area contributed by atoms with Crippen LogP contribution < -0.4 is 9.47 Å². The van der Waals surface area contributed by atoms with Crippen molar-refractivity contribution in [1.82, 2.24) is 9.88 Å². The number of oxazole rings is 1. The summed E-state index contributed by atoms with van der Waals surface area (Å²) in [6.07, 6.45) is 5.39. The van der Waals surface area contributed by atoms with Crippen molar-refractivity contribution < 1.29 is 18.7 Å². The SMILES string of the molecule is CCOc1ccccc1OC1CCN(C(=O)CCCc2ncc(-c3ccccc3)o2)CC1. The molecule has 3 aromatic rings. The molecule has 6 heteroatoms. The van der Waals surface area contributed by atoms with Crippen molar-refractivity contribution in [3.05, 3.63) is 66.7 Å². The lowest BCUT2D eigenvalue weighted by atomic mass is 10.1. The molecular weight excluding hydrogens is 404 g/mol. The largest absolute Gasteiger partial charge is 0.490 e. The van der Waals surface area contributed by atoms with Gasteiger partial charge in [-0.05, 0) is 25.5 Å². The number of carbonyl (C=O) groups excluding carboxylic acids is 1. The molecule has 0 atom stereocenters. The summed E-state index contributed by atoms with van der Waals surface area (Å²) in [6, 6.07) is 17.7. The fourth-order valence-electron chi connectivity index (χ4n) is 3.94. The van der Waals surface area contributed by atoms with Gasteiger partial charge < -0.3 is 18.8 Å². The Morgan fingerprint density at radius 1 is 1.06 bits per heavy atom. The van der Waals surface area contributed by atoms with Crippen molar-refractivity contribution >= 4 is 5.91 Å². The van der Waals surface area contributed by atoms with E-state index >= 15 is 0 Å². The number of carbonyl (C=O) groups is 1. The topological polar surface area (TPSA) is 64.8 Å². The Morgan fingerprint density at radius 3 is 2.53 bits per heavy atom. The first kappa shape index (κ1) is 21.9. The first-order valence-corrected chi connectivity index (χ1v) is 11.4. The molecule has 0 bridgehead atoms. The van der Waals surface area contributed by atoms with Crippen molar-refractivity contribution in [2.45, 2.75) is 45.1 Å². The van der Waals surface area contributed by atoms with Gasteiger partial charge in [-0.2, -0.15) is 0 Å². The summed E-state index contributed by atoms with van der Waals surface area (Å²) in [7, 11) is 0. The predicted molar refractivity (Wildman–Crippen MR) is 123 cm³/mol. The summed E-state index contributed by atoms with van der Waals surface area (Å²) in [5.74, 6) is 3.18. The molecular formula is C26H30N2O4. The van der Waals surface area contributed by atoms with Crippen LogP contribution in [0.5, 0.6) is 11.5 Å². The van der Waals surface area contributed by atoms with Crippen molar-refractivity contribution in [2.24, 2.45) is 0 Å². The van der Waals surface area contributed by atoms with Crippen molar-refractivity contribution in [3.8, 4) is 22.8 Å². The monoisotopic (exact) mass is 434 g/mol. The molecule has 1 fully saturated rings. The average Bonchev–Trinajstić information content (AvgIpc) is 3.30. The number of ether oxygens (including phenoxy) is 2. The van der Waals surface area contributed by atoms with Crippen LogP contribution in [0.3, 0.4) is 0 Å². The predicted octanol–water partition coefficient (Wildman–Crippen LogP) is 5.13. The molecule has 0 spiro atoms. The zero-order valence-corrected chi connectivity index (χ0v) is 18.5. The van der Waals surface area contributed by atoms with E-state index in [4.69, 9.17) is 13.9 Å². The van der Waals surface area contributed by atoms with Crippen LogP contribution in [0.15, 0.2) is 65.2 Å². The fraction of sp³-hybridized carbons (Fsp3) is 0.385. The standard InChI is InChI=1S/C26H30N2O4/c1-2-30-22-11-6-7-12-23(22)31-21-15-17-28(18-16-21)26(29)14-8-13-25-27-19-24(32-25)20-9-4-3-5-10-20/h3-7,9-12,19,21H,2,8,13-18H2,1H3. The summed E-state index contributed by atoms with van der Waals surface area (Å²) in [5.41, 5.74) is 1.01. The molecule has 1 aliphatic rings. The molecule has 2 aromatic carbocycles. The highest BCUT2D eigenvalue weighted by Gasteiger charge is 2.24. The van der Waals surface area contributed by atoms with Gasteiger partial charge in [0, 0.05) is 44.3 Å². The molecule has 1 aromatic heterocycles. The first-order chi connectivity index (χ1) is 15.7. The lowest BCUT2D eigenvalue weighted by Crippen LogP contribution is -2.41. The number of para-hydroxylation sites is 2. The number of amides is 1. The smallest absolute Gasteiger partial charge is 0.222 e. The molecule has 1 saturated heterocycles. The van der Waals surface area contributed by atoms with Gasteiger partial charge in [-0.1, -0.05) is 42.5 Å². The van der Waals surface area contributed by atoms with Gasteiger partial charge >= 0.3 is 0 Å². The number of hydrogen-bond acceptors (Lipinski definition) is 5. The van der Waals surface area contributed by atoms with Gasteiger partial charge in [0.15, 0.2) is 23.1 Å². The van der Waals surface area contributed by atoms with Crippen LogP contribution in [0.25, 0.3) is 11.3 Å².